The number of benzene rings is 1. The quantitative estimate of drug-likeness (QED) is 0.720. The molecule has 0 radical (unpaired) electrons. The molecule has 1 unspecified atom stereocenters. The molecule has 0 spiro atoms. The van der Waals surface area contributed by atoms with Crippen molar-refractivity contribution in [2.24, 2.45) is 23.2 Å². The van der Waals surface area contributed by atoms with Crippen LogP contribution in [0.3, 0.4) is 0 Å². The zero-order valence-corrected chi connectivity index (χ0v) is 16.9. The summed E-state index contributed by atoms with van der Waals surface area (Å²) in [6.45, 7) is 2.14. The van der Waals surface area contributed by atoms with Gasteiger partial charge in [0.1, 0.15) is 5.75 Å². The molecular formula is C23H31NO4. The lowest BCUT2D eigenvalue weighted by atomic mass is 9.49. The highest BCUT2D eigenvalue weighted by atomic mass is 16.5. The normalized spacial score (nSPS) is 31.3. The first-order valence-corrected chi connectivity index (χ1v) is 10.6. The standard InChI is InChI=1S/C23H31NO4/c1-3-28-21(25)11-20(18-4-6-19(27-2)7-5-18)24-22(26)23-12-15-8-16(13-23)10-17(9-15)14-23/h4-7,15-17,20H,3,8-14H2,1-2H3,(H,24,26). The van der Waals surface area contributed by atoms with Crippen LogP contribution in [-0.2, 0) is 14.3 Å². The average Bonchev–Trinajstić information content (AvgIpc) is 2.66. The molecule has 4 aliphatic carbocycles. The summed E-state index contributed by atoms with van der Waals surface area (Å²) in [6, 6.07) is 7.20. The Morgan fingerprint density at radius 2 is 1.64 bits per heavy atom. The lowest BCUT2D eigenvalue weighted by Crippen LogP contribution is -2.54. The fraction of sp³-hybridized carbons (Fsp3) is 0.652. The number of nitrogens with one attached hydrogen (secondary N) is 1. The molecule has 0 saturated heterocycles. The highest BCUT2D eigenvalue weighted by Crippen LogP contribution is 2.60. The number of hydrogen-bond acceptors (Lipinski definition) is 4. The van der Waals surface area contributed by atoms with Gasteiger partial charge in [-0.05, 0) is 80.9 Å². The fourth-order valence-corrected chi connectivity index (χ4v) is 6.18. The van der Waals surface area contributed by atoms with E-state index in [0.717, 1.165) is 30.6 Å². The van der Waals surface area contributed by atoms with E-state index in [4.69, 9.17) is 9.47 Å². The molecule has 1 aromatic rings. The van der Waals surface area contributed by atoms with Crippen molar-refractivity contribution in [3.8, 4) is 5.75 Å². The third-order valence-electron chi connectivity index (χ3n) is 7.02. The SMILES string of the molecule is CCOC(=O)CC(NC(=O)C12CC3CC(CC(C3)C1)C2)c1ccc(OC)cc1. The number of rotatable bonds is 7. The molecule has 5 heteroatoms. The molecule has 4 fully saturated rings. The van der Waals surface area contributed by atoms with Gasteiger partial charge in [-0.1, -0.05) is 12.1 Å². The maximum atomic E-state index is 13.5. The second kappa shape index (κ2) is 7.76. The van der Waals surface area contributed by atoms with E-state index >= 15 is 0 Å². The van der Waals surface area contributed by atoms with E-state index in [2.05, 4.69) is 5.32 Å². The Bertz CT molecular complexity index is 691. The molecule has 1 aromatic carbocycles. The van der Waals surface area contributed by atoms with Crippen molar-refractivity contribution in [2.75, 3.05) is 13.7 Å². The molecule has 152 valence electrons. The van der Waals surface area contributed by atoms with Crippen LogP contribution in [0.1, 0.15) is 63.5 Å². The van der Waals surface area contributed by atoms with Crippen molar-refractivity contribution in [2.45, 2.75) is 57.9 Å². The molecule has 5 nitrogen and oxygen atoms in total. The minimum atomic E-state index is -0.370. The first-order valence-electron chi connectivity index (χ1n) is 10.6. The van der Waals surface area contributed by atoms with E-state index in [1.807, 2.05) is 24.3 Å². The van der Waals surface area contributed by atoms with Gasteiger partial charge in [0, 0.05) is 5.41 Å². The molecule has 0 aromatic heterocycles. The van der Waals surface area contributed by atoms with Crippen LogP contribution in [0.2, 0.25) is 0 Å². The predicted molar refractivity (Wildman–Crippen MR) is 106 cm³/mol. The van der Waals surface area contributed by atoms with Crippen molar-refractivity contribution < 1.29 is 19.1 Å². The minimum Gasteiger partial charge on any atom is -0.497 e. The highest BCUT2D eigenvalue weighted by Gasteiger charge is 2.54. The monoisotopic (exact) mass is 385 g/mol. The molecule has 4 bridgehead atoms. The number of ether oxygens (including phenoxy) is 2. The van der Waals surface area contributed by atoms with Crippen LogP contribution in [0.5, 0.6) is 5.75 Å². The molecule has 4 saturated carbocycles. The maximum Gasteiger partial charge on any atom is 0.308 e. The van der Waals surface area contributed by atoms with Crippen LogP contribution in [0.4, 0.5) is 0 Å². The van der Waals surface area contributed by atoms with E-state index in [1.54, 1.807) is 14.0 Å². The van der Waals surface area contributed by atoms with Gasteiger partial charge in [0.05, 0.1) is 26.2 Å². The van der Waals surface area contributed by atoms with E-state index in [9.17, 15) is 9.59 Å². The Hall–Kier alpha value is -2.04. The van der Waals surface area contributed by atoms with Crippen molar-refractivity contribution in [1.29, 1.82) is 0 Å². The van der Waals surface area contributed by atoms with Crippen molar-refractivity contribution in [1.82, 2.24) is 5.32 Å². The van der Waals surface area contributed by atoms with Crippen LogP contribution in [0.15, 0.2) is 24.3 Å². The van der Waals surface area contributed by atoms with E-state index in [-0.39, 0.29) is 29.8 Å². The van der Waals surface area contributed by atoms with Crippen molar-refractivity contribution in [3.63, 3.8) is 0 Å². The van der Waals surface area contributed by atoms with Crippen molar-refractivity contribution >= 4 is 11.9 Å². The molecule has 1 N–H and O–H groups in total. The van der Waals surface area contributed by atoms with Crippen LogP contribution in [-0.4, -0.2) is 25.6 Å². The maximum absolute atomic E-state index is 13.5. The zero-order chi connectivity index (χ0) is 19.7. The zero-order valence-electron chi connectivity index (χ0n) is 16.9. The fourth-order valence-electron chi connectivity index (χ4n) is 6.18. The van der Waals surface area contributed by atoms with Crippen LogP contribution >= 0.6 is 0 Å². The van der Waals surface area contributed by atoms with Gasteiger partial charge in [-0.25, -0.2) is 0 Å². The van der Waals surface area contributed by atoms with Gasteiger partial charge in [-0.3, -0.25) is 9.59 Å². The molecule has 0 aliphatic heterocycles. The second-order valence-electron chi connectivity index (χ2n) is 9.01. The summed E-state index contributed by atoms with van der Waals surface area (Å²) in [5.74, 6) is 2.74. The second-order valence-corrected chi connectivity index (χ2v) is 9.01. The van der Waals surface area contributed by atoms with Gasteiger partial charge in [-0.2, -0.15) is 0 Å². The van der Waals surface area contributed by atoms with Crippen molar-refractivity contribution in [3.05, 3.63) is 29.8 Å². The lowest BCUT2D eigenvalue weighted by molar-refractivity contribution is -0.148. The Balaban J connectivity index is 1.52. The summed E-state index contributed by atoms with van der Waals surface area (Å²) in [5.41, 5.74) is 0.681. The van der Waals surface area contributed by atoms with E-state index in [0.29, 0.717) is 24.4 Å². The summed E-state index contributed by atoms with van der Waals surface area (Å²) in [7, 11) is 1.62. The lowest BCUT2D eigenvalue weighted by Gasteiger charge is -2.55. The molecular weight excluding hydrogens is 354 g/mol. The largest absolute Gasteiger partial charge is 0.497 e. The highest BCUT2D eigenvalue weighted by molar-refractivity contribution is 5.84. The Labute approximate surface area is 167 Å². The first-order chi connectivity index (χ1) is 13.5. The van der Waals surface area contributed by atoms with Gasteiger partial charge in [0.25, 0.3) is 0 Å². The average molecular weight is 386 g/mol. The van der Waals surface area contributed by atoms with Gasteiger partial charge in [0.15, 0.2) is 0 Å². The number of methoxy groups -OCH3 is 1. The predicted octanol–water partition coefficient (Wildman–Crippen LogP) is 4.02. The van der Waals surface area contributed by atoms with Gasteiger partial charge in [-0.15, -0.1) is 0 Å². The number of carbonyl (C=O) groups excluding carboxylic acids is 2. The van der Waals surface area contributed by atoms with Crippen LogP contribution in [0.25, 0.3) is 0 Å². The number of hydrogen-bond donors (Lipinski definition) is 1. The molecule has 5 rings (SSSR count). The van der Waals surface area contributed by atoms with E-state index in [1.165, 1.54) is 19.3 Å². The summed E-state index contributed by atoms with van der Waals surface area (Å²) < 4.78 is 10.4. The molecule has 4 aliphatic rings. The topological polar surface area (TPSA) is 64.6 Å². The first kappa shape index (κ1) is 19.3. The van der Waals surface area contributed by atoms with Crippen LogP contribution in [0, 0.1) is 23.2 Å². The molecule has 1 amide bonds. The Morgan fingerprint density at radius 3 is 2.14 bits per heavy atom. The summed E-state index contributed by atoms with van der Waals surface area (Å²) in [4.78, 5) is 25.6. The molecule has 28 heavy (non-hydrogen) atoms. The van der Waals surface area contributed by atoms with Crippen LogP contribution < -0.4 is 10.1 Å². The summed E-state index contributed by atoms with van der Waals surface area (Å²) in [5, 5.41) is 3.24. The smallest absolute Gasteiger partial charge is 0.308 e. The summed E-state index contributed by atoms with van der Waals surface area (Å²) in [6.07, 6.45) is 7.10. The minimum absolute atomic E-state index is 0.136. The van der Waals surface area contributed by atoms with Gasteiger partial charge in [0.2, 0.25) is 5.91 Å². The third-order valence-corrected chi connectivity index (χ3v) is 7.02. The number of carbonyl (C=O) groups is 2. The number of amides is 1. The number of esters is 1. The molecule has 1 atom stereocenters. The molecule has 0 heterocycles. The third kappa shape index (κ3) is 3.76. The van der Waals surface area contributed by atoms with Gasteiger partial charge >= 0.3 is 5.97 Å². The summed E-state index contributed by atoms with van der Waals surface area (Å²) >= 11 is 0. The Morgan fingerprint density at radius 1 is 1.07 bits per heavy atom. The van der Waals surface area contributed by atoms with E-state index < -0.39 is 0 Å². The Kier molecular flexibility index (Phi) is 5.35. The van der Waals surface area contributed by atoms with Gasteiger partial charge < -0.3 is 14.8 Å².